The van der Waals surface area contributed by atoms with Crippen molar-refractivity contribution in [3.8, 4) is 11.5 Å². The third kappa shape index (κ3) is 6.02. The number of sulfone groups is 1. The van der Waals surface area contributed by atoms with Gasteiger partial charge in [0.25, 0.3) is 11.8 Å². The molecule has 1 aliphatic heterocycles. The molecule has 13 heteroatoms. The molecule has 3 aromatic carbocycles. The molecule has 0 saturated carbocycles. The van der Waals surface area contributed by atoms with Crippen LogP contribution in [0.1, 0.15) is 26.3 Å². The summed E-state index contributed by atoms with van der Waals surface area (Å²) >= 11 is 0. The first-order valence-corrected chi connectivity index (χ1v) is 14.4. The lowest BCUT2D eigenvalue weighted by atomic mass is 10.1. The molecular formula is C25H23NO10S2. The van der Waals surface area contributed by atoms with Crippen LogP contribution in [0.2, 0.25) is 0 Å². The standard InChI is InChI=1S/C25H23NO10S2/c1-16-11-20(37(2,30)31)13-21(12-16)38(32,33)36-19-9-7-18(8-10-19)34-14-17(27)15-35-26-24(28)22-5-3-4-6-23(22)25(26)29/h3-13,17,27H,14-15H2,1-2H3. The maximum atomic E-state index is 12.7. The number of carbonyl (C=O) groups is 2. The molecule has 2 amide bonds. The minimum atomic E-state index is -4.32. The molecule has 1 heterocycles. The maximum absolute atomic E-state index is 12.7. The van der Waals surface area contributed by atoms with Gasteiger partial charge in [-0.15, -0.1) is 5.06 Å². The highest BCUT2D eigenvalue weighted by Gasteiger charge is 2.36. The Hall–Kier alpha value is -3.78. The van der Waals surface area contributed by atoms with Gasteiger partial charge in [-0.3, -0.25) is 14.4 Å². The second-order valence-corrected chi connectivity index (χ2v) is 12.0. The van der Waals surface area contributed by atoms with Crippen LogP contribution >= 0.6 is 0 Å². The monoisotopic (exact) mass is 561 g/mol. The first kappa shape index (κ1) is 27.3. The second kappa shape index (κ2) is 10.5. The van der Waals surface area contributed by atoms with E-state index in [1.54, 1.807) is 19.1 Å². The van der Waals surface area contributed by atoms with Crippen molar-refractivity contribution in [2.75, 3.05) is 19.5 Å². The van der Waals surface area contributed by atoms with Gasteiger partial charge in [-0.05, 0) is 67.1 Å². The lowest BCUT2D eigenvalue weighted by Crippen LogP contribution is -2.35. The molecule has 1 atom stereocenters. The van der Waals surface area contributed by atoms with Crippen molar-refractivity contribution < 1.29 is 45.3 Å². The summed E-state index contributed by atoms with van der Waals surface area (Å²) < 4.78 is 59.6. The molecule has 0 aliphatic carbocycles. The van der Waals surface area contributed by atoms with Crippen LogP contribution in [0.3, 0.4) is 0 Å². The number of nitrogens with zero attached hydrogens (tertiary/aromatic N) is 1. The molecular weight excluding hydrogens is 538 g/mol. The smallest absolute Gasteiger partial charge is 0.339 e. The number of carbonyl (C=O) groups excluding carboxylic acids is 2. The summed E-state index contributed by atoms with van der Waals surface area (Å²) in [6.45, 7) is 0.926. The van der Waals surface area contributed by atoms with Crippen LogP contribution in [0.5, 0.6) is 11.5 Å². The molecule has 200 valence electrons. The van der Waals surface area contributed by atoms with E-state index in [2.05, 4.69) is 0 Å². The van der Waals surface area contributed by atoms with E-state index in [9.17, 15) is 31.5 Å². The number of aryl methyl sites for hydroxylation is 1. The average Bonchev–Trinajstić information content (AvgIpc) is 3.10. The van der Waals surface area contributed by atoms with Gasteiger partial charge in [0.2, 0.25) is 0 Å². The van der Waals surface area contributed by atoms with Gasteiger partial charge >= 0.3 is 10.1 Å². The molecule has 1 aliphatic rings. The number of aliphatic hydroxyl groups is 1. The van der Waals surface area contributed by atoms with Crippen LogP contribution in [-0.2, 0) is 24.8 Å². The summed E-state index contributed by atoms with van der Waals surface area (Å²) in [6, 6.07) is 15.4. The first-order valence-electron chi connectivity index (χ1n) is 11.1. The van der Waals surface area contributed by atoms with Crippen molar-refractivity contribution in [3.63, 3.8) is 0 Å². The number of amides is 2. The molecule has 4 rings (SSSR count). The molecule has 0 aromatic heterocycles. The number of hydrogen-bond donors (Lipinski definition) is 1. The summed E-state index contributed by atoms with van der Waals surface area (Å²) in [7, 11) is -7.95. The van der Waals surface area contributed by atoms with Crippen LogP contribution in [0.4, 0.5) is 0 Å². The van der Waals surface area contributed by atoms with Crippen LogP contribution in [0, 0.1) is 6.92 Å². The Kier molecular flexibility index (Phi) is 7.56. The third-order valence-electron chi connectivity index (χ3n) is 5.37. The van der Waals surface area contributed by atoms with E-state index in [-0.39, 0.29) is 39.0 Å². The minimum absolute atomic E-state index is 0.0470. The van der Waals surface area contributed by atoms with Gasteiger partial charge in [0.05, 0.1) is 16.0 Å². The molecule has 3 aromatic rings. The fourth-order valence-corrected chi connectivity index (χ4v) is 5.40. The number of hydroxylamine groups is 2. The molecule has 1 unspecified atom stereocenters. The van der Waals surface area contributed by atoms with E-state index < -0.39 is 44.5 Å². The van der Waals surface area contributed by atoms with E-state index in [1.165, 1.54) is 48.5 Å². The summed E-state index contributed by atoms with van der Waals surface area (Å²) in [5.74, 6) is -1.02. The van der Waals surface area contributed by atoms with Crippen LogP contribution < -0.4 is 8.92 Å². The Balaban J connectivity index is 1.32. The number of hydrogen-bond acceptors (Lipinski definition) is 10. The Morgan fingerprint density at radius 2 is 1.37 bits per heavy atom. The first-order chi connectivity index (χ1) is 17.8. The van der Waals surface area contributed by atoms with Gasteiger partial charge in [-0.1, -0.05) is 12.1 Å². The van der Waals surface area contributed by atoms with Gasteiger partial charge in [-0.2, -0.15) is 8.42 Å². The van der Waals surface area contributed by atoms with Gasteiger partial charge < -0.3 is 14.0 Å². The van der Waals surface area contributed by atoms with E-state index in [0.29, 0.717) is 10.6 Å². The maximum Gasteiger partial charge on any atom is 0.339 e. The van der Waals surface area contributed by atoms with Crippen LogP contribution in [-0.4, -0.2) is 64.4 Å². The highest BCUT2D eigenvalue weighted by molar-refractivity contribution is 7.90. The van der Waals surface area contributed by atoms with Crippen molar-refractivity contribution in [1.29, 1.82) is 0 Å². The summed E-state index contributed by atoms with van der Waals surface area (Å²) in [6.07, 6.45) is -0.216. The molecule has 11 nitrogen and oxygen atoms in total. The van der Waals surface area contributed by atoms with E-state index in [4.69, 9.17) is 13.8 Å². The Morgan fingerprint density at radius 1 is 0.816 bits per heavy atom. The zero-order valence-electron chi connectivity index (χ0n) is 20.2. The van der Waals surface area contributed by atoms with Crippen molar-refractivity contribution in [2.45, 2.75) is 22.8 Å². The van der Waals surface area contributed by atoms with Gasteiger partial charge in [0, 0.05) is 6.26 Å². The predicted molar refractivity (Wildman–Crippen MR) is 133 cm³/mol. The highest BCUT2D eigenvalue weighted by Crippen LogP contribution is 2.25. The number of imide groups is 1. The highest BCUT2D eigenvalue weighted by atomic mass is 32.2. The second-order valence-electron chi connectivity index (χ2n) is 8.47. The number of benzene rings is 3. The number of aliphatic hydroxyl groups excluding tert-OH is 1. The Morgan fingerprint density at radius 3 is 1.95 bits per heavy atom. The van der Waals surface area contributed by atoms with Gasteiger partial charge in [0.1, 0.15) is 35.7 Å². The van der Waals surface area contributed by atoms with E-state index in [0.717, 1.165) is 12.3 Å². The topological polar surface area (TPSA) is 154 Å². The molecule has 0 saturated heterocycles. The molecule has 0 spiro atoms. The normalized spacial score (nSPS) is 14.3. The summed E-state index contributed by atoms with van der Waals surface area (Å²) in [5, 5.41) is 10.7. The van der Waals surface area contributed by atoms with Crippen molar-refractivity contribution in [2.24, 2.45) is 0 Å². The summed E-state index contributed by atoms with van der Waals surface area (Å²) in [4.78, 5) is 29.3. The Labute approximate surface area is 219 Å². The van der Waals surface area contributed by atoms with Gasteiger partial charge in [-0.25, -0.2) is 8.42 Å². The zero-order valence-corrected chi connectivity index (χ0v) is 21.9. The van der Waals surface area contributed by atoms with E-state index >= 15 is 0 Å². The molecule has 0 bridgehead atoms. The number of ether oxygens (including phenoxy) is 1. The van der Waals surface area contributed by atoms with E-state index in [1.807, 2.05) is 0 Å². The number of rotatable bonds is 10. The van der Waals surface area contributed by atoms with Crippen LogP contribution in [0.15, 0.2) is 76.5 Å². The van der Waals surface area contributed by atoms with Crippen LogP contribution in [0.25, 0.3) is 0 Å². The lowest BCUT2D eigenvalue weighted by molar-refractivity contribution is -0.120. The van der Waals surface area contributed by atoms with Gasteiger partial charge in [0.15, 0.2) is 9.84 Å². The summed E-state index contributed by atoms with van der Waals surface area (Å²) in [5.41, 5.74) is 0.862. The largest absolute Gasteiger partial charge is 0.491 e. The lowest BCUT2D eigenvalue weighted by Gasteiger charge is -2.17. The fraction of sp³-hybridized carbons (Fsp3) is 0.200. The molecule has 38 heavy (non-hydrogen) atoms. The molecule has 0 fully saturated rings. The minimum Gasteiger partial charge on any atom is -0.491 e. The quantitative estimate of drug-likeness (QED) is 0.288. The fourth-order valence-electron chi connectivity index (χ4n) is 3.52. The SMILES string of the molecule is Cc1cc(S(C)(=O)=O)cc(S(=O)(=O)Oc2ccc(OCC(O)CON3C(=O)c4ccccc4C3=O)cc2)c1. The molecule has 0 radical (unpaired) electrons. The van der Waals surface area contributed by atoms with Crippen molar-refractivity contribution >= 4 is 31.8 Å². The zero-order chi connectivity index (χ0) is 27.7. The average molecular weight is 562 g/mol. The third-order valence-corrected chi connectivity index (χ3v) is 7.68. The van der Waals surface area contributed by atoms with Crippen molar-refractivity contribution in [1.82, 2.24) is 5.06 Å². The van der Waals surface area contributed by atoms with Crippen molar-refractivity contribution in [3.05, 3.63) is 83.4 Å². The Bertz CT molecular complexity index is 1560. The predicted octanol–water partition coefficient (Wildman–Crippen LogP) is 2.13. The number of fused-ring (bicyclic) bond motifs is 1. The molecule has 1 N–H and O–H groups in total.